The van der Waals surface area contributed by atoms with E-state index in [1.54, 1.807) is 0 Å². The van der Waals surface area contributed by atoms with Gasteiger partial charge in [0.1, 0.15) is 11.0 Å². The van der Waals surface area contributed by atoms with Gasteiger partial charge in [-0.25, -0.2) is 8.78 Å². The molecule has 1 heterocycles. The highest BCUT2D eigenvalue weighted by atomic mass is 32.1. The van der Waals surface area contributed by atoms with Crippen molar-refractivity contribution in [3.63, 3.8) is 0 Å². The van der Waals surface area contributed by atoms with Gasteiger partial charge >= 0.3 is 0 Å². The van der Waals surface area contributed by atoms with Crippen molar-refractivity contribution in [2.45, 2.75) is 6.92 Å². The van der Waals surface area contributed by atoms with Crippen molar-refractivity contribution in [2.24, 2.45) is 0 Å². The van der Waals surface area contributed by atoms with E-state index in [-0.39, 0.29) is 5.56 Å². The largest absolute Gasteiger partial charge is 0.204 e. The molecule has 0 bridgehead atoms. The van der Waals surface area contributed by atoms with Gasteiger partial charge in [-0.2, -0.15) is 8.75 Å². The second-order valence-electron chi connectivity index (χ2n) is 2.43. The number of aromatic nitrogens is 2. The number of nitrogens with zero attached hydrogens (tertiary/aromatic N) is 2. The van der Waals surface area contributed by atoms with E-state index >= 15 is 0 Å². The maximum Gasteiger partial charge on any atom is 0.164 e. The van der Waals surface area contributed by atoms with Crippen molar-refractivity contribution in [3.05, 3.63) is 23.3 Å². The van der Waals surface area contributed by atoms with Crippen molar-refractivity contribution < 1.29 is 8.78 Å². The van der Waals surface area contributed by atoms with E-state index in [1.807, 2.05) is 0 Å². The Labute approximate surface area is 71.2 Å². The smallest absolute Gasteiger partial charge is 0.164 e. The molecular weight excluding hydrogens is 182 g/mol. The van der Waals surface area contributed by atoms with Crippen molar-refractivity contribution in [2.75, 3.05) is 0 Å². The molecule has 2 aromatic rings. The fourth-order valence-corrected chi connectivity index (χ4v) is 1.60. The number of fused-ring (bicyclic) bond motifs is 1. The lowest BCUT2D eigenvalue weighted by Crippen LogP contribution is -1.89. The molecule has 62 valence electrons. The van der Waals surface area contributed by atoms with Gasteiger partial charge in [-0.15, -0.1) is 0 Å². The van der Waals surface area contributed by atoms with Gasteiger partial charge in [0, 0.05) is 11.6 Å². The van der Waals surface area contributed by atoms with Crippen molar-refractivity contribution >= 4 is 22.8 Å². The third kappa shape index (κ3) is 0.896. The number of hydrogen-bond donors (Lipinski definition) is 0. The molecule has 0 N–H and O–H groups in total. The molecule has 1 aromatic heterocycles. The normalized spacial score (nSPS) is 10.9. The van der Waals surface area contributed by atoms with Crippen LogP contribution in [0.25, 0.3) is 11.0 Å². The lowest BCUT2D eigenvalue weighted by molar-refractivity contribution is 0.505. The summed E-state index contributed by atoms with van der Waals surface area (Å²) < 4.78 is 33.3. The summed E-state index contributed by atoms with van der Waals surface area (Å²) in [5, 5.41) is 0. The SMILES string of the molecule is Cc1c(F)c(F)cc2nsnc12. The summed E-state index contributed by atoms with van der Waals surface area (Å²) in [6.07, 6.45) is 0. The van der Waals surface area contributed by atoms with E-state index in [4.69, 9.17) is 0 Å². The number of aryl methyl sites for hydroxylation is 1. The Balaban J connectivity index is 2.94. The van der Waals surface area contributed by atoms with Gasteiger partial charge < -0.3 is 0 Å². The maximum atomic E-state index is 12.9. The van der Waals surface area contributed by atoms with Crippen LogP contribution in [-0.4, -0.2) is 8.75 Å². The second kappa shape index (κ2) is 2.45. The van der Waals surface area contributed by atoms with E-state index in [2.05, 4.69) is 8.75 Å². The average Bonchev–Trinajstić information content (AvgIpc) is 2.48. The number of benzene rings is 1. The fourth-order valence-electron chi connectivity index (χ4n) is 1.02. The molecule has 0 saturated carbocycles. The predicted octanol–water partition coefficient (Wildman–Crippen LogP) is 2.28. The number of halogens is 2. The molecule has 0 aliphatic carbocycles. The Morgan fingerprint density at radius 3 is 2.83 bits per heavy atom. The Kier molecular flexibility index (Phi) is 1.54. The molecule has 0 aliphatic heterocycles. The molecule has 2 rings (SSSR count). The predicted molar refractivity (Wildman–Crippen MR) is 42.1 cm³/mol. The topological polar surface area (TPSA) is 25.8 Å². The molecule has 5 heteroatoms. The molecule has 0 atom stereocenters. The van der Waals surface area contributed by atoms with E-state index in [9.17, 15) is 8.78 Å². The summed E-state index contributed by atoms with van der Waals surface area (Å²) in [5.41, 5.74) is 1.08. The van der Waals surface area contributed by atoms with Gasteiger partial charge in [-0.3, -0.25) is 0 Å². The average molecular weight is 186 g/mol. The molecule has 0 spiro atoms. The lowest BCUT2D eigenvalue weighted by atomic mass is 10.2. The van der Waals surface area contributed by atoms with Gasteiger partial charge in [-0.1, -0.05) is 0 Å². The van der Waals surface area contributed by atoms with E-state index in [0.29, 0.717) is 11.0 Å². The Bertz CT molecular complexity index is 438. The van der Waals surface area contributed by atoms with Crippen LogP contribution in [0.3, 0.4) is 0 Å². The van der Waals surface area contributed by atoms with Crippen LogP contribution in [0.15, 0.2) is 6.07 Å². The molecule has 0 fully saturated rings. The third-order valence-electron chi connectivity index (χ3n) is 1.67. The molecule has 0 amide bonds. The summed E-state index contributed by atoms with van der Waals surface area (Å²) in [4.78, 5) is 0. The molecule has 0 unspecified atom stereocenters. The number of rotatable bonds is 0. The standard InChI is InChI=1S/C7H4F2N2S/c1-3-6(9)4(8)2-5-7(3)11-12-10-5/h2H,1H3. The zero-order chi connectivity index (χ0) is 8.72. The van der Waals surface area contributed by atoms with Crippen LogP contribution >= 0.6 is 11.7 Å². The zero-order valence-corrected chi connectivity index (χ0v) is 6.95. The van der Waals surface area contributed by atoms with Crippen LogP contribution in [-0.2, 0) is 0 Å². The summed E-state index contributed by atoms with van der Waals surface area (Å²) in [6, 6.07) is 1.06. The van der Waals surface area contributed by atoms with Crippen molar-refractivity contribution in [3.8, 4) is 0 Å². The summed E-state index contributed by atoms with van der Waals surface area (Å²) in [6.45, 7) is 1.49. The Morgan fingerprint density at radius 1 is 1.33 bits per heavy atom. The minimum Gasteiger partial charge on any atom is -0.204 e. The van der Waals surface area contributed by atoms with Crippen molar-refractivity contribution in [1.82, 2.24) is 8.75 Å². The van der Waals surface area contributed by atoms with Crippen LogP contribution < -0.4 is 0 Å². The summed E-state index contributed by atoms with van der Waals surface area (Å²) in [7, 11) is 0. The molecule has 1 aromatic carbocycles. The minimum absolute atomic E-state index is 0.221. The van der Waals surface area contributed by atoms with Crippen LogP contribution in [0.1, 0.15) is 5.56 Å². The molecular formula is C7H4F2N2S. The summed E-state index contributed by atoms with van der Waals surface area (Å²) in [5.74, 6) is -1.71. The molecule has 2 nitrogen and oxygen atoms in total. The van der Waals surface area contributed by atoms with Gasteiger partial charge in [0.15, 0.2) is 11.6 Å². The second-order valence-corrected chi connectivity index (χ2v) is 2.96. The molecule has 0 saturated heterocycles. The van der Waals surface area contributed by atoms with Crippen LogP contribution in [0, 0.1) is 18.6 Å². The third-order valence-corrected chi connectivity index (χ3v) is 2.21. The fraction of sp³-hybridized carbons (Fsp3) is 0.143. The van der Waals surface area contributed by atoms with E-state index in [1.165, 1.54) is 6.92 Å². The maximum absolute atomic E-state index is 12.9. The monoisotopic (exact) mass is 186 g/mol. The van der Waals surface area contributed by atoms with E-state index in [0.717, 1.165) is 17.8 Å². The first-order valence-corrected chi connectivity index (χ1v) is 4.00. The highest BCUT2D eigenvalue weighted by Gasteiger charge is 2.12. The molecule has 0 radical (unpaired) electrons. The highest BCUT2D eigenvalue weighted by Crippen LogP contribution is 2.21. The van der Waals surface area contributed by atoms with Crippen LogP contribution in [0.4, 0.5) is 8.78 Å². The van der Waals surface area contributed by atoms with Gasteiger partial charge in [0.05, 0.1) is 11.7 Å². The van der Waals surface area contributed by atoms with Gasteiger partial charge in [0.25, 0.3) is 0 Å². The first kappa shape index (κ1) is 7.54. The molecule has 0 aliphatic rings. The first-order chi connectivity index (χ1) is 5.70. The van der Waals surface area contributed by atoms with Crippen molar-refractivity contribution in [1.29, 1.82) is 0 Å². The van der Waals surface area contributed by atoms with E-state index < -0.39 is 11.6 Å². The highest BCUT2D eigenvalue weighted by molar-refractivity contribution is 7.00. The molecule has 12 heavy (non-hydrogen) atoms. The van der Waals surface area contributed by atoms with Gasteiger partial charge in [0.2, 0.25) is 0 Å². The number of hydrogen-bond acceptors (Lipinski definition) is 3. The first-order valence-electron chi connectivity index (χ1n) is 3.27. The minimum atomic E-state index is -0.868. The van der Waals surface area contributed by atoms with Crippen LogP contribution in [0.2, 0.25) is 0 Å². The Morgan fingerprint density at radius 2 is 2.08 bits per heavy atom. The quantitative estimate of drug-likeness (QED) is 0.630. The van der Waals surface area contributed by atoms with Crippen LogP contribution in [0.5, 0.6) is 0 Å². The Hall–Kier alpha value is -1.10. The summed E-state index contributed by atoms with van der Waals surface area (Å²) >= 11 is 0.951. The zero-order valence-electron chi connectivity index (χ0n) is 6.14. The van der Waals surface area contributed by atoms with Gasteiger partial charge in [-0.05, 0) is 6.92 Å². The lowest BCUT2D eigenvalue weighted by Gasteiger charge is -1.96.